The van der Waals surface area contributed by atoms with Gasteiger partial charge in [0.1, 0.15) is 0 Å². The number of hydrogen-bond acceptors (Lipinski definition) is 5. The summed E-state index contributed by atoms with van der Waals surface area (Å²) in [6.07, 6.45) is 0. The van der Waals surface area contributed by atoms with Gasteiger partial charge in [0.25, 0.3) is 0 Å². The van der Waals surface area contributed by atoms with E-state index in [1.807, 2.05) is 0 Å². The number of aliphatic hydroxyl groups excluding tert-OH is 1. The average Bonchev–Trinajstić information content (AvgIpc) is 2.38. The molecular weight excluding hydrogens is 274 g/mol. The molecule has 0 aliphatic heterocycles. The van der Waals surface area contributed by atoms with Crippen LogP contribution in [0.4, 0.5) is 0 Å². The van der Waals surface area contributed by atoms with Gasteiger partial charge in [-0.1, -0.05) is 23.7 Å². The second kappa shape index (κ2) is 7.08. The van der Waals surface area contributed by atoms with Crippen LogP contribution < -0.4 is 0 Å². The summed E-state index contributed by atoms with van der Waals surface area (Å²) in [6.45, 7) is 1.05. The molecule has 2 N–H and O–H groups in total. The van der Waals surface area contributed by atoms with Crippen molar-refractivity contribution in [3.05, 3.63) is 34.9 Å². The highest BCUT2D eigenvalue weighted by atomic mass is 35.5. The number of carboxylic acid groups (broad SMARTS) is 1. The summed E-state index contributed by atoms with van der Waals surface area (Å²) < 4.78 is 0. The van der Waals surface area contributed by atoms with Gasteiger partial charge in [-0.25, -0.2) is 4.79 Å². The zero-order valence-electron chi connectivity index (χ0n) is 10.2. The second-order valence-electron chi connectivity index (χ2n) is 3.63. The Kier molecular flexibility index (Phi) is 5.75. The van der Waals surface area contributed by atoms with E-state index in [4.69, 9.17) is 26.7 Å². The van der Waals surface area contributed by atoms with Crippen LogP contribution in [0.25, 0.3) is 0 Å². The SMILES string of the molecule is CCN(OC(=O)c1ccccc1Cl)[C@@H](CO)C(=O)O. The number of nitrogens with zero attached hydrogens (tertiary/aromatic N) is 1. The third-order valence-electron chi connectivity index (χ3n) is 2.41. The maximum atomic E-state index is 11.9. The molecule has 0 bridgehead atoms. The fourth-order valence-corrected chi connectivity index (χ4v) is 1.64. The molecule has 0 spiro atoms. The first-order valence-electron chi connectivity index (χ1n) is 5.58. The van der Waals surface area contributed by atoms with Crippen molar-refractivity contribution in [3.63, 3.8) is 0 Å². The molecule has 1 rings (SSSR count). The van der Waals surface area contributed by atoms with Crippen LogP contribution in [0, 0.1) is 0 Å². The molecule has 1 aromatic rings. The van der Waals surface area contributed by atoms with E-state index in [1.165, 1.54) is 12.1 Å². The van der Waals surface area contributed by atoms with E-state index in [0.717, 1.165) is 5.06 Å². The lowest BCUT2D eigenvalue weighted by molar-refractivity contribution is -0.175. The molecule has 0 saturated carbocycles. The van der Waals surface area contributed by atoms with Crippen molar-refractivity contribution in [1.29, 1.82) is 0 Å². The Morgan fingerprint density at radius 1 is 1.42 bits per heavy atom. The molecule has 0 fully saturated rings. The van der Waals surface area contributed by atoms with Crippen LogP contribution in [-0.4, -0.2) is 46.4 Å². The van der Waals surface area contributed by atoms with E-state index in [1.54, 1.807) is 19.1 Å². The Bertz CT molecular complexity index is 465. The fraction of sp³-hybridized carbons (Fsp3) is 0.333. The summed E-state index contributed by atoms with van der Waals surface area (Å²) in [4.78, 5) is 27.7. The number of halogens is 1. The van der Waals surface area contributed by atoms with Crippen LogP contribution in [0.5, 0.6) is 0 Å². The molecule has 0 unspecified atom stereocenters. The molecule has 0 aliphatic rings. The molecule has 0 heterocycles. The van der Waals surface area contributed by atoms with Crippen molar-refractivity contribution < 1.29 is 24.6 Å². The van der Waals surface area contributed by atoms with Crippen molar-refractivity contribution in [3.8, 4) is 0 Å². The Labute approximate surface area is 115 Å². The maximum absolute atomic E-state index is 11.9. The summed E-state index contributed by atoms with van der Waals surface area (Å²) in [5.41, 5.74) is 0.129. The maximum Gasteiger partial charge on any atom is 0.358 e. The van der Waals surface area contributed by atoms with E-state index >= 15 is 0 Å². The molecule has 1 aromatic carbocycles. The van der Waals surface area contributed by atoms with Crippen LogP contribution in [0.1, 0.15) is 17.3 Å². The molecular formula is C12H14ClNO5. The van der Waals surface area contributed by atoms with E-state index in [9.17, 15) is 9.59 Å². The predicted octanol–water partition coefficient (Wildman–Crippen LogP) is 1.18. The first-order valence-corrected chi connectivity index (χ1v) is 5.96. The molecule has 0 saturated heterocycles. The quantitative estimate of drug-likeness (QED) is 0.764. The van der Waals surface area contributed by atoms with E-state index in [2.05, 4.69) is 0 Å². The molecule has 0 amide bonds. The summed E-state index contributed by atoms with van der Waals surface area (Å²) in [7, 11) is 0. The number of carbonyl (C=O) groups excluding carboxylic acids is 1. The lowest BCUT2D eigenvalue weighted by atomic mass is 10.2. The number of hydroxylamine groups is 2. The third kappa shape index (κ3) is 3.92. The normalized spacial score (nSPS) is 12.2. The third-order valence-corrected chi connectivity index (χ3v) is 2.74. The van der Waals surface area contributed by atoms with Crippen molar-refractivity contribution in [2.75, 3.05) is 13.2 Å². The minimum absolute atomic E-state index is 0.119. The van der Waals surface area contributed by atoms with Gasteiger partial charge in [-0.2, -0.15) is 0 Å². The number of aliphatic carboxylic acids is 1. The number of carbonyl (C=O) groups is 2. The van der Waals surface area contributed by atoms with Gasteiger partial charge in [0.05, 0.1) is 17.2 Å². The number of aliphatic hydroxyl groups is 1. The van der Waals surface area contributed by atoms with Gasteiger partial charge < -0.3 is 15.1 Å². The lowest BCUT2D eigenvalue weighted by Gasteiger charge is -2.24. The molecule has 1 atom stereocenters. The molecule has 0 aliphatic carbocycles. The minimum Gasteiger partial charge on any atom is -0.480 e. The smallest absolute Gasteiger partial charge is 0.358 e. The van der Waals surface area contributed by atoms with E-state index in [0.29, 0.717) is 0 Å². The summed E-state index contributed by atoms with van der Waals surface area (Å²) in [6, 6.07) is 4.95. The highest BCUT2D eigenvalue weighted by Gasteiger charge is 2.28. The number of carboxylic acids is 1. The zero-order valence-corrected chi connectivity index (χ0v) is 11.0. The second-order valence-corrected chi connectivity index (χ2v) is 4.04. The standard InChI is InChI=1S/C12H14ClNO5/c1-2-14(10(7-15)11(16)17)19-12(18)8-5-3-4-6-9(8)13/h3-6,10,15H,2,7H2,1H3,(H,16,17)/t10-/m0/s1. The van der Waals surface area contributed by atoms with Crippen LogP contribution in [-0.2, 0) is 9.63 Å². The van der Waals surface area contributed by atoms with Crippen LogP contribution in [0.3, 0.4) is 0 Å². The predicted molar refractivity (Wildman–Crippen MR) is 67.8 cm³/mol. The number of likely N-dealkylation sites (N-methyl/N-ethyl adjacent to an activating group) is 1. The van der Waals surface area contributed by atoms with Crippen molar-refractivity contribution in [2.24, 2.45) is 0 Å². The molecule has 0 radical (unpaired) electrons. The van der Waals surface area contributed by atoms with Gasteiger partial charge in [0.2, 0.25) is 0 Å². The van der Waals surface area contributed by atoms with Crippen molar-refractivity contribution in [1.82, 2.24) is 5.06 Å². The number of hydrogen-bond donors (Lipinski definition) is 2. The molecule has 104 valence electrons. The van der Waals surface area contributed by atoms with Crippen LogP contribution in [0.2, 0.25) is 5.02 Å². The molecule has 19 heavy (non-hydrogen) atoms. The zero-order chi connectivity index (χ0) is 14.4. The highest BCUT2D eigenvalue weighted by molar-refractivity contribution is 6.33. The number of benzene rings is 1. The summed E-state index contributed by atoms with van der Waals surface area (Å²) >= 11 is 5.84. The Hall–Kier alpha value is -1.63. The van der Waals surface area contributed by atoms with Crippen LogP contribution in [0.15, 0.2) is 24.3 Å². The van der Waals surface area contributed by atoms with Gasteiger partial charge in [0.15, 0.2) is 6.04 Å². The Morgan fingerprint density at radius 2 is 2.05 bits per heavy atom. The van der Waals surface area contributed by atoms with E-state index in [-0.39, 0.29) is 17.1 Å². The first kappa shape index (κ1) is 15.4. The molecule has 0 aromatic heterocycles. The van der Waals surface area contributed by atoms with Gasteiger partial charge in [-0.05, 0) is 19.1 Å². The Balaban J connectivity index is 2.84. The highest BCUT2D eigenvalue weighted by Crippen LogP contribution is 2.17. The fourth-order valence-electron chi connectivity index (χ4n) is 1.42. The van der Waals surface area contributed by atoms with Crippen molar-refractivity contribution in [2.45, 2.75) is 13.0 Å². The Morgan fingerprint density at radius 3 is 2.53 bits per heavy atom. The summed E-state index contributed by atoms with van der Waals surface area (Å²) in [5, 5.41) is 19.0. The number of rotatable bonds is 6. The van der Waals surface area contributed by atoms with E-state index < -0.39 is 24.6 Å². The average molecular weight is 288 g/mol. The van der Waals surface area contributed by atoms with Gasteiger partial charge in [-0.15, -0.1) is 5.06 Å². The topological polar surface area (TPSA) is 87.1 Å². The molecule has 7 heteroatoms. The largest absolute Gasteiger partial charge is 0.480 e. The van der Waals surface area contributed by atoms with Gasteiger partial charge in [0, 0.05) is 6.54 Å². The summed E-state index contributed by atoms with van der Waals surface area (Å²) in [5.74, 6) is -2.05. The first-order chi connectivity index (χ1) is 9.01. The van der Waals surface area contributed by atoms with Crippen LogP contribution >= 0.6 is 11.6 Å². The van der Waals surface area contributed by atoms with Crippen molar-refractivity contribution >= 4 is 23.5 Å². The molecule has 6 nitrogen and oxygen atoms in total. The monoisotopic (exact) mass is 287 g/mol. The minimum atomic E-state index is -1.31. The van der Waals surface area contributed by atoms with Gasteiger partial charge in [-0.3, -0.25) is 4.79 Å². The van der Waals surface area contributed by atoms with Gasteiger partial charge >= 0.3 is 11.9 Å². The lowest BCUT2D eigenvalue weighted by Crippen LogP contribution is -2.44.